The van der Waals surface area contributed by atoms with E-state index in [1.807, 2.05) is 12.4 Å². The summed E-state index contributed by atoms with van der Waals surface area (Å²) in [6, 6.07) is 0.803. The highest BCUT2D eigenvalue weighted by atomic mass is 15.2. The number of likely N-dealkylation sites (tertiary alicyclic amines) is 1. The lowest BCUT2D eigenvalue weighted by atomic mass is 10.00. The summed E-state index contributed by atoms with van der Waals surface area (Å²) in [5, 5.41) is 0. The van der Waals surface area contributed by atoms with Gasteiger partial charge in [-0.25, -0.2) is 9.97 Å². The minimum atomic E-state index is 0.406. The summed E-state index contributed by atoms with van der Waals surface area (Å²) in [6.07, 6.45) is 10.8. The first-order valence-corrected chi connectivity index (χ1v) is 8.55. The molecule has 2 aliphatic rings. The van der Waals surface area contributed by atoms with Gasteiger partial charge in [0.15, 0.2) is 0 Å². The van der Waals surface area contributed by atoms with Crippen LogP contribution in [0.15, 0.2) is 12.4 Å². The largest absolute Gasteiger partial charge is 0.369 e. The maximum Gasteiger partial charge on any atom is 0.130 e. The Balaban J connectivity index is 1.55. The molecule has 0 aliphatic carbocycles. The molecule has 0 saturated carbocycles. The molecule has 0 amide bonds. The summed E-state index contributed by atoms with van der Waals surface area (Å²) >= 11 is 0. The molecule has 4 heteroatoms. The van der Waals surface area contributed by atoms with Gasteiger partial charge in [-0.05, 0) is 38.8 Å². The molecule has 2 aliphatic heterocycles. The van der Waals surface area contributed by atoms with Gasteiger partial charge < -0.3 is 9.80 Å². The summed E-state index contributed by atoms with van der Waals surface area (Å²) in [4.78, 5) is 14.2. The van der Waals surface area contributed by atoms with Crippen LogP contribution >= 0.6 is 0 Å². The molecule has 0 radical (unpaired) electrons. The Morgan fingerprint density at radius 2 is 1.57 bits per heavy atom. The minimum Gasteiger partial charge on any atom is -0.369 e. The van der Waals surface area contributed by atoms with Crippen LogP contribution in [-0.4, -0.2) is 47.1 Å². The van der Waals surface area contributed by atoms with E-state index < -0.39 is 0 Å². The average Bonchev–Trinajstić information content (AvgIpc) is 2.56. The lowest BCUT2D eigenvalue weighted by Gasteiger charge is -2.40. The standard InChI is InChI=1S/C17H28N4/c1-14(2)17-18-12-16(13-19-17)21-10-6-15(7-11-21)20-8-4-3-5-9-20/h12-15H,3-11H2,1-2H3. The van der Waals surface area contributed by atoms with Gasteiger partial charge in [0.05, 0.1) is 18.1 Å². The molecular formula is C17H28N4. The van der Waals surface area contributed by atoms with Crippen LogP contribution in [0.25, 0.3) is 0 Å². The third kappa shape index (κ3) is 3.54. The fourth-order valence-electron chi connectivity index (χ4n) is 3.57. The highest BCUT2D eigenvalue weighted by Gasteiger charge is 2.25. The van der Waals surface area contributed by atoms with Crippen molar-refractivity contribution < 1.29 is 0 Å². The average molecular weight is 288 g/mol. The molecule has 0 N–H and O–H groups in total. The Hall–Kier alpha value is -1.16. The smallest absolute Gasteiger partial charge is 0.130 e. The van der Waals surface area contributed by atoms with Crippen LogP contribution in [0.5, 0.6) is 0 Å². The molecule has 0 atom stereocenters. The Kier molecular flexibility index (Phi) is 4.73. The van der Waals surface area contributed by atoms with Crippen LogP contribution in [0.1, 0.15) is 57.7 Å². The predicted octanol–water partition coefficient (Wildman–Crippen LogP) is 3.05. The maximum absolute atomic E-state index is 4.50. The van der Waals surface area contributed by atoms with E-state index in [1.54, 1.807) is 0 Å². The van der Waals surface area contributed by atoms with Crippen LogP contribution in [0.4, 0.5) is 5.69 Å². The monoisotopic (exact) mass is 288 g/mol. The van der Waals surface area contributed by atoms with E-state index in [-0.39, 0.29) is 0 Å². The molecule has 4 nitrogen and oxygen atoms in total. The number of aromatic nitrogens is 2. The number of piperidine rings is 2. The SMILES string of the molecule is CC(C)c1ncc(N2CCC(N3CCCCC3)CC2)cn1. The molecule has 21 heavy (non-hydrogen) atoms. The van der Waals surface area contributed by atoms with Crippen molar-refractivity contribution in [3.8, 4) is 0 Å². The molecule has 116 valence electrons. The van der Waals surface area contributed by atoms with Crippen molar-refractivity contribution in [2.75, 3.05) is 31.1 Å². The van der Waals surface area contributed by atoms with Crippen LogP contribution in [0, 0.1) is 0 Å². The number of rotatable bonds is 3. The first-order chi connectivity index (χ1) is 10.2. The summed E-state index contributed by atoms with van der Waals surface area (Å²) in [7, 11) is 0. The van der Waals surface area contributed by atoms with Crippen molar-refractivity contribution in [2.45, 2.75) is 57.9 Å². The number of anilines is 1. The van der Waals surface area contributed by atoms with E-state index in [1.165, 1.54) is 50.9 Å². The molecule has 2 fully saturated rings. The Bertz CT molecular complexity index is 429. The second-order valence-electron chi connectivity index (χ2n) is 6.77. The molecule has 2 saturated heterocycles. The first-order valence-electron chi connectivity index (χ1n) is 8.55. The second-order valence-corrected chi connectivity index (χ2v) is 6.77. The van der Waals surface area contributed by atoms with Gasteiger partial charge in [-0.2, -0.15) is 0 Å². The molecule has 1 aromatic rings. The molecular weight excluding hydrogens is 260 g/mol. The Morgan fingerprint density at radius 1 is 0.952 bits per heavy atom. The second kappa shape index (κ2) is 6.73. The molecule has 0 aromatic carbocycles. The molecule has 3 heterocycles. The van der Waals surface area contributed by atoms with E-state index in [2.05, 4.69) is 33.6 Å². The zero-order chi connectivity index (χ0) is 14.7. The van der Waals surface area contributed by atoms with Crippen molar-refractivity contribution >= 4 is 5.69 Å². The van der Waals surface area contributed by atoms with Gasteiger partial charge in [0.25, 0.3) is 0 Å². The van der Waals surface area contributed by atoms with Crippen LogP contribution in [0.2, 0.25) is 0 Å². The van der Waals surface area contributed by atoms with Gasteiger partial charge in [-0.3, -0.25) is 0 Å². The zero-order valence-corrected chi connectivity index (χ0v) is 13.5. The van der Waals surface area contributed by atoms with Crippen molar-refractivity contribution in [1.29, 1.82) is 0 Å². The van der Waals surface area contributed by atoms with Crippen molar-refractivity contribution in [1.82, 2.24) is 14.9 Å². The maximum atomic E-state index is 4.50. The van der Waals surface area contributed by atoms with E-state index in [0.29, 0.717) is 5.92 Å². The van der Waals surface area contributed by atoms with Crippen molar-refractivity contribution in [2.24, 2.45) is 0 Å². The molecule has 0 unspecified atom stereocenters. The predicted molar refractivity (Wildman–Crippen MR) is 86.8 cm³/mol. The Labute approximate surface area is 128 Å². The van der Waals surface area contributed by atoms with Gasteiger partial charge in [-0.1, -0.05) is 20.3 Å². The van der Waals surface area contributed by atoms with Crippen LogP contribution < -0.4 is 4.90 Å². The topological polar surface area (TPSA) is 32.3 Å². The number of nitrogens with zero attached hydrogens (tertiary/aromatic N) is 4. The van der Waals surface area contributed by atoms with E-state index >= 15 is 0 Å². The van der Waals surface area contributed by atoms with E-state index in [4.69, 9.17) is 0 Å². The molecule has 0 spiro atoms. The number of hydrogen-bond donors (Lipinski definition) is 0. The van der Waals surface area contributed by atoms with Crippen molar-refractivity contribution in [3.05, 3.63) is 18.2 Å². The molecule has 3 rings (SSSR count). The molecule has 1 aromatic heterocycles. The summed E-state index contributed by atoms with van der Waals surface area (Å²) in [5.41, 5.74) is 1.19. The van der Waals surface area contributed by atoms with E-state index in [0.717, 1.165) is 25.0 Å². The quantitative estimate of drug-likeness (QED) is 0.855. The van der Waals surface area contributed by atoms with E-state index in [9.17, 15) is 0 Å². The lowest BCUT2D eigenvalue weighted by Crippen LogP contribution is -2.46. The zero-order valence-electron chi connectivity index (χ0n) is 13.5. The van der Waals surface area contributed by atoms with Crippen LogP contribution in [0.3, 0.4) is 0 Å². The molecule has 0 bridgehead atoms. The lowest BCUT2D eigenvalue weighted by molar-refractivity contribution is 0.141. The highest BCUT2D eigenvalue weighted by molar-refractivity contribution is 5.42. The third-order valence-electron chi connectivity index (χ3n) is 4.91. The summed E-state index contributed by atoms with van der Waals surface area (Å²) in [5.74, 6) is 1.35. The van der Waals surface area contributed by atoms with Gasteiger partial charge in [0.2, 0.25) is 0 Å². The number of hydrogen-bond acceptors (Lipinski definition) is 4. The fraction of sp³-hybridized carbons (Fsp3) is 0.765. The third-order valence-corrected chi connectivity index (χ3v) is 4.91. The highest BCUT2D eigenvalue weighted by Crippen LogP contribution is 2.24. The normalized spacial score (nSPS) is 22.0. The first kappa shape index (κ1) is 14.8. The van der Waals surface area contributed by atoms with Gasteiger partial charge >= 0.3 is 0 Å². The van der Waals surface area contributed by atoms with Gasteiger partial charge in [0, 0.05) is 25.0 Å². The minimum absolute atomic E-state index is 0.406. The van der Waals surface area contributed by atoms with Gasteiger partial charge in [0.1, 0.15) is 5.82 Å². The summed E-state index contributed by atoms with van der Waals surface area (Å²) in [6.45, 7) is 9.20. The fourth-order valence-corrected chi connectivity index (χ4v) is 3.57. The van der Waals surface area contributed by atoms with Crippen LogP contribution in [-0.2, 0) is 0 Å². The van der Waals surface area contributed by atoms with Crippen molar-refractivity contribution in [3.63, 3.8) is 0 Å². The van der Waals surface area contributed by atoms with Gasteiger partial charge in [-0.15, -0.1) is 0 Å². The Morgan fingerprint density at radius 3 is 2.14 bits per heavy atom. The summed E-state index contributed by atoms with van der Waals surface area (Å²) < 4.78 is 0.